The number of nitrogens with one attached hydrogen (secondary N) is 2. The molecule has 3 aromatic carbocycles. The quantitative estimate of drug-likeness (QED) is 0.333. The van der Waals surface area contributed by atoms with Crippen molar-refractivity contribution in [1.82, 2.24) is 15.1 Å². The lowest BCUT2D eigenvalue weighted by atomic mass is 10.2. The number of carbonyl (C=O) groups excluding carboxylic acids is 1. The SMILES string of the molecule is COCCNC(=O)c1cccc(Nc2c(Oc3ccc4c(c3)OCO4)cnn(-c3ccccc3)c2=O)c1. The molecule has 0 unspecified atom stereocenters. The second-order valence-corrected chi connectivity index (χ2v) is 8.01. The number of benzene rings is 3. The van der Waals surface area contributed by atoms with E-state index in [0.29, 0.717) is 47.3 Å². The Hall–Kier alpha value is -4.83. The fourth-order valence-electron chi connectivity index (χ4n) is 3.70. The molecule has 4 aromatic rings. The average molecular weight is 501 g/mol. The third kappa shape index (κ3) is 5.39. The van der Waals surface area contributed by atoms with Gasteiger partial charge in [-0.2, -0.15) is 9.78 Å². The Labute approximate surface area is 212 Å². The number of amides is 1. The average Bonchev–Trinajstić information content (AvgIpc) is 3.39. The summed E-state index contributed by atoms with van der Waals surface area (Å²) in [5.41, 5.74) is 1.26. The van der Waals surface area contributed by atoms with E-state index in [4.69, 9.17) is 18.9 Å². The van der Waals surface area contributed by atoms with Gasteiger partial charge in [0, 0.05) is 31.0 Å². The van der Waals surface area contributed by atoms with Gasteiger partial charge in [-0.25, -0.2) is 0 Å². The van der Waals surface area contributed by atoms with Gasteiger partial charge in [0.1, 0.15) is 5.75 Å². The van der Waals surface area contributed by atoms with E-state index in [1.807, 2.05) is 18.2 Å². The number of rotatable bonds is 9. The van der Waals surface area contributed by atoms with E-state index in [9.17, 15) is 9.59 Å². The van der Waals surface area contributed by atoms with Crippen molar-refractivity contribution in [3.05, 3.63) is 94.9 Å². The topological polar surface area (TPSA) is 113 Å². The Morgan fingerprint density at radius 2 is 1.86 bits per heavy atom. The molecule has 37 heavy (non-hydrogen) atoms. The molecule has 0 fully saturated rings. The molecule has 5 rings (SSSR count). The monoisotopic (exact) mass is 500 g/mol. The molecular formula is C27H24N4O6. The number of hydrogen-bond acceptors (Lipinski definition) is 8. The van der Waals surface area contributed by atoms with E-state index in [0.717, 1.165) is 0 Å². The fourth-order valence-corrected chi connectivity index (χ4v) is 3.70. The molecule has 1 amide bonds. The third-order valence-corrected chi connectivity index (χ3v) is 5.50. The first-order valence-corrected chi connectivity index (χ1v) is 11.5. The van der Waals surface area contributed by atoms with Gasteiger partial charge in [-0.3, -0.25) is 9.59 Å². The van der Waals surface area contributed by atoms with Crippen molar-refractivity contribution in [2.75, 3.05) is 32.4 Å². The molecule has 0 bridgehead atoms. The van der Waals surface area contributed by atoms with Crippen LogP contribution in [0, 0.1) is 0 Å². The van der Waals surface area contributed by atoms with Crippen LogP contribution < -0.4 is 30.4 Å². The molecule has 1 aliphatic rings. The summed E-state index contributed by atoms with van der Waals surface area (Å²) in [5.74, 6) is 1.55. The van der Waals surface area contributed by atoms with E-state index >= 15 is 0 Å². The zero-order valence-electron chi connectivity index (χ0n) is 20.0. The third-order valence-electron chi connectivity index (χ3n) is 5.50. The molecule has 0 atom stereocenters. The summed E-state index contributed by atoms with van der Waals surface area (Å²) in [6.45, 7) is 0.919. The number of anilines is 2. The van der Waals surface area contributed by atoms with Gasteiger partial charge in [0.05, 0.1) is 18.5 Å². The lowest BCUT2D eigenvalue weighted by Gasteiger charge is -2.15. The zero-order chi connectivity index (χ0) is 25.6. The highest BCUT2D eigenvalue weighted by Gasteiger charge is 2.18. The standard InChI is InChI=1S/C27H24N4O6/c1-34-13-12-28-26(32)18-6-5-7-19(14-18)30-25-24(37-21-10-11-22-23(15-21)36-17-35-22)16-29-31(27(25)33)20-8-3-2-4-9-20/h2-11,14-16,30H,12-13,17H2,1H3,(H,28,32). The molecule has 1 aromatic heterocycles. The van der Waals surface area contributed by atoms with E-state index in [1.54, 1.807) is 61.7 Å². The predicted molar refractivity (Wildman–Crippen MR) is 136 cm³/mol. The molecule has 1 aliphatic heterocycles. The maximum Gasteiger partial charge on any atom is 0.299 e. The van der Waals surface area contributed by atoms with Crippen LogP contribution >= 0.6 is 0 Å². The minimum absolute atomic E-state index is 0.135. The molecule has 2 N–H and O–H groups in total. The van der Waals surface area contributed by atoms with Gasteiger partial charge >= 0.3 is 0 Å². The minimum Gasteiger partial charge on any atom is -0.454 e. The number of nitrogens with zero attached hydrogens (tertiary/aromatic N) is 2. The molecule has 10 nitrogen and oxygen atoms in total. The van der Waals surface area contributed by atoms with Gasteiger partial charge in [-0.1, -0.05) is 24.3 Å². The Bertz CT molecular complexity index is 1470. The molecule has 0 aliphatic carbocycles. The maximum atomic E-state index is 13.6. The Morgan fingerprint density at radius 1 is 1.03 bits per heavy atom. The van der Waals surface area contributed by atoms with Crippen LogP contribution in [0.3, 0.4) is 0 Å². The highest BCUT2D eigenvalue weighted by Crippen LogP contribution is 2.37. The second-order valence-electron chi connectivity index (χ2n) is 8.01. The molecular weight excluding hydrogens is 476 g/mol. The molecule has 2 heterocycles. The van der Waals surface area contributed by atoms with Gasteiger partial charge in [0.2, 0.25) is 6.79 Å². The van der Waals surface area contributed by atoms with E-state index < -0.39 is 5.56 Å². The number of fused-ring (bicyclic) bond motifs is 1. The van der Waals surface area contributed by atoms with Crippen molar-refractivity contribution in [2.45, 2.75) is 0 Å². The molecule has 188 valence electrons. The van der Waals surface area contributed by atoms with Gasteiger partial charge in [-0.05, 0) is 42.5 Å². The van der Waals surface area contributed by atoms with Crippen molar-refractivity contribution in [3.8, 4) is 28.7 Å². The Kier molecular flexibility index (Phi) is 7.00. The first-order valence-electron chi connectivity index (χ1n) is 11.5. The van der Waals surface area contributed by atoms with Gasteiger partial charge in [0.15, 0.2) is 22.9 Å². The number of ether oxygens (including phenoxy) is 4. The zero-order valence-corrected chi connectivity index (χ0v) is 20.0. The molecule has 0 spiro atoms. The summed E-state index contributed by atoms with van der Waals surface area (Å²) in [6, 6.07) is 21.0. The summed E-state index contributed by atoms with van der Waals surface area (Å²) in [7, 11) is 1.57. The van der Waals surface area contributed by atoms with Crippen LogP contribution in [-0.2, 0) is 4.74 Å². The number of hydrogen-bond donors (Lipinski definition) is 2. The summed E-state index contributed by atoms with van der Waals surface area (Å²) in [4.78, 5) is 26.1. The largest absolute Gasteiger partial charge is 0.454 e. The second kappa shape index (κ2) is 10.8. The van der Waals surface area contributed by atoms with Crippen LogP contribution in [0.4, 0.5) is 11.4 Å². The van der Waals surface area contributed by atoms with Gasteiger partial charge in [-0.15, -0.1) is 0 Å². The van der Waals surface area contributed by atoms with Gasteiger partial charge < -0.3 is 29.6 Å². The predicted octanol–water partition coefficient (Wildman–Crippen LogP) is 3.87. The number of para-hydroxylation sites is 1. The summed E-state index contributed by atoms with van der Waals surface area (Å²) < 4.78 is 23.1. The van der Waals surface area contributed by atoms with Crippen molar-refractivity contribution in [3.63, 3.8) is 0 Å². The van der Waals surface area contributed by atoms with Crippen LogP contribution in [0.5, 0.6) is 23.0 Å². The van der Waals surface area contributed by atoms with Crippen molar-refractivity contribution >= 4 is 17.3 Å². The summed E-state index contributed by atoms with van der Waals surface area (Å²) >= 11 is 0. The Balaban J connectivity index is 1.49. The summed E-state index contributed by atoms with van der Waals surface area (Å²) in [5, 5.41) is 10.2. The fraction of sp³-hybridized carbons (Fsp3) is 0.148. The molecule has 0 radical (unpaired) electrons. The van der Waals surface area contributed by atoms with Crippen LogP contribution in [-0.4, -0.2) is 42.7 Å². The summed E-state index contributed by atoms with van der Waals surface area (Å²) in [6.07, 6.45) is 1.46. The maximum absolute atomic E-state index is 13.6. The highest BCUT2D eigenvalue weighted by atomic mass is 16.7. The van der Waals surface area contributed by atoms with E-state index in [-0.39, 0.29) is 24.1 Å². The van der Waals surface area contributed by atoms with E-state index in [1.165, 1.54) is 10.9 Å². The lowest BCUT2D eigenvalue weighted by Crippen LogP contribution is -2.27. The van der Waals surface area contributed by atoms with Crippen LogP contribution in [0.1, 0.15) is 10.4 Å². The molecule has 0 saturated carbocycles. The van der Waals surface area contributed by atoms with Crippen LogP contribution in [0.25, 0.3) is 5.69 Å². The first-order chi connectivity index (χ1) is 18.1. The molecule has 10 heteroatoms. The van der Waals surface area contributed by atoms with Crippen LogP contribution in [0.2, 0.25) is 0 Å². The van der Waals surface area contributed by atoms with Crippen molar-refractivity contribution < 1.29 is 23.7 Å². The minimum atomic E-state index is -0.431. The first kappa shape index (κ1) is 23.9. The van der Waals surface area contributed by atoms with Crippen molar-refractivity contribution in [1.29, 1.82) is 0 Å². The molecule has 0 saturated heterocycles. The smallest absolute Gasteiger partial charge is 0.299 e. The number of aromatic nitrogens is 2. The Morgan fingerprint density at radius 3 is 2.70 bits per heavy atom. The van der Waals surface area contributed by atoms with Crippen molar-refractivity contribution in [2.24, 2.45) is 0 Å². The lowest BCUT2D eigenvalue weighted by molar-refractivity contribution is 0.0937. The van der Waals surface area contributed by atoms with E-state index in [2.05, 4.69) is 15.7 Å². The normalized spacial score (nSPS) is 11.7. The number of methoxy groups -OCH3 is 1. The van der Waals surface area contributed by atoms with Crippen LogP contribution in [0.15, 0.2) is 83.8 Å². The highest BCUT2D eigenvalue weighted by molar-refractivity contribution is 5.95. The van der Waals surface area contributed by atoms with Gasteiger partial charge in [0.25, 0.3) is 11.5 Å². The number of carbonyl (C=O) groups is 1.